The summed E-state index contributed by atoms with van der Waals surface area (Å²) in [5.41, 5.74) is 1.08. The van der Waals surface area contributed by atoms with Crippen molar-refractivity contribution in [2.24, 2.45) is 5.41 Å². The van der Waals surface area contributed by atoms with E-state index in [1.807, 2.05) is 17.1 Å². The molecule has 2 aliphatic heterocycles. The number of methoxy groups -OCH3 is 2. The van der Waals surface area contributed by atoms with Gasteiger partial charge in [0.25, 0.3) is 0 Å². The fourth-order valence-corrected chi connectivity index (χ4v) is 7.33. The molecule has 214 valence electrons. The molecule has 1 saturated heterocycles. The summed E-state index contributed by atoms with van der Waals surface area (Å²) in [6, 6.07) is 20.7. The van der Waals surface area contributed by atoms with Gasteiger partial charge in [0, 0.05) is 44.9 Å². The highest BCUT2D eigenvalue weighted by Crippen LogP contribution is 2.62. The van der Waals surface area contributed by atoms with Crippen molar-refractivity contribution in [3.8, 4) is 11.5 Å². The standard InChI is InChI=1S/C35H25ClFNO5/c1-42-23-13-14-26(28(18-23)43-2)30-31(32(39)19-7-11-22(37)12-8-19)38-27-15-10-21(36)17-20(27)9-16-29(38)35(30)33(40)24-5-3-4-6-25(24)34(35)41/h3-18,29-31H,1-2H3/t29-,30+,31+/m1/s1. The molecule has 0 radical (unpaired) electrons. The molecule has 0 unspecified atom stereocenters. The second kappa shape index (κ2) is 9.92. The fourth-order valence-electron chi connectivity index (χ4n) is 7.15. The molecule has 43 heavy (non-hydrogen) atoms. The predicted octanol–water partition coefficient (Wildman–Crippen LogP) is 6.81. The monoisotopic (exact) mass is 593 g/mol. The summed E-state index contributed by atoms with van der Waals surface area (Å²) < 4.78 is 25.2. The number of anilines is 1. The van der Waals surface area contributed by atoms with Gasteiger partial charge in [0.2, 0.25) is 0 Å². The summed E-state index contributed by atoms with van der Waals surface area (Å²) in [6.07, 6.45) is 3.67. The zero-order valence-corrected chi connectivity index (χ0v) is 24.0. The van der Waals surface area contributed by atoms with Gasteiger partial charge in [-0.15, -0.1) is 0 Å². The fraction of sp³-hybridized carbons (Fsp3) is 0.171. The largest absolute Gasteiger partial charge is 0.497 e. The van der Waals surface area contributed by atoms with E-state index in [9.17, 15) is 18.8 Å². The van der Waals surface area contributed by atoms with Crippen LogP contribution in [0, 0.1) is 11.2 Å². The zero-order chi connectivity index (χ0) is 30.0. The van der Waals surface area contributed by atoms with Crippen molar-refractivity contribution in [1.29, 1.82) is 0 Å². The van der Waals surface area contributed by atoms with Crippen LogP contribution in [-0.4, -0.2) is 43.7 Å². The molecule has 4 aromatic rings. The van der Waals surface area contributed by atoms with Gasteiger partial charge in [-0.25, -0.2) is 4.39 Å². The number of hydrogen-bond acceptors (Lipinski definition) is 6. The molecule has 3 atom stereocenters. The minimum atomic E-state index is -1.71. The number of benzene rings is 4. The molecule has 1 spiro atoms. The highest BCUT2D eigenvalue weighted by Gasteiger charge is 2.72. The number of carbonyl (C=O) groups is 3. The maximum Gasteiger partial charge on any atom is 0.185 e. The summed E-state index contributed by atoms with van der Waals surface area (Å²) >= 11 is 6.36. The van der Waals surface area contributed by atoms with Crippen LogP contribution in [0.25, 0.3) is 6.08 Å². The van der Waals surface area contributed by atoms with E-state index in [1.54, 1.807) is 60.7 Å². The second-order valence-electron chi connectivity index (χ2n) is 10.9. The van der Waals surface area contributed by atoms with Crippen molar-refractivity contribution in [3.63, 3.8) is 0 Å². The van der Waals surface area contributed by atoms with Crippen LogP contribution < -0.4 is 14.4 Å². The highest BCUT2D eigenvalue weighted by molar-refractivity contribution is 6.33. The summed E-state index contributed by atoms with van der Waals surface area (Å²) in [5, 5.41) is 0.506. The van der Waals surface area contributed by atoms with Gasteiger partial charge in [-0.2, -0.15) is 0 Å². The third kappa shape index (κ3) is 3.74. The molecule has 1 fully saturated rings. The maximum absolute atomic E-state index is 14.8. The summed E-state index contributed by atoms with van der Waals surface area (Å²) in [5.74, 6) is -1.67. The molecule has 8 heteroatoms. The van der Waals surface area contributed by atoms with Crippen LogP contribution in [0.2, 0.25) is 5.02 Å². The number of Topliss-reactive ketones (excluding diaryl/α,β-unsaturated/α-hetero) is 3. The molecule has 0 amide bonds. The van der Waals surface area contributed by atoms with E-state index in [0.29, 0.717) is 38.9 Å². The van der Waals surface area contributed by atoms with E-state index < -0.39 is 29.2 Å². The number of carbonyl (C=O) groups excluding carboxylic acids is 3. The van der Waals surface area contributed by atoms with Crippen LogP contribution in [0.4, 0.5) is 10.1 Å². The van der Waals surface area contributed by atoms with Crippen molar-refractivity contribution < 1.29 is 28.2 Å². The van der Waals surface area contributed by atoms with Gasteiger partial charge in [0.1, 0.15) is 28.8 Å². The molecule has 0 N–H and O–H groups in total. The Morgan fingerprint density at radius 1 is 0.884 bits per heavy atom. The van der Waals surface area contributed by atoms with E-state index in [4.69, 9.17) is 21.1 Å². The van der Waals surface area contributed by atoms with Gasteiger partial charge >= 0.3 is 0 Å². The lowest BCUT2D eigenvalue weighted by atomic mass is 9.64. The molecular formula is C35H25ClFNO5. The van der Waals surface area contributed by atoms with Gasteiger partial charge in [-0.3, -0.25) is 14.4 Å². The first-order chi connectivity index (χ1) is 20.8. The molecule has 0 saturated carbocycles. The first-order valence-corrected chi connectivity index (χ1v) is 14.2. The molecule has 7 rings (SSSR count). The maximum atomic E-state index is 14.8. The van der Waals surface area contributed by atoms with Gasteiger partial charge in [0.05, 0.1) is 20.3 Å². The lowest BCUT2D eigenvalue weighted by Crippen LogP contribution is -2.48. The Balaban J connectivity index is 1.57. The minimum absolute atomic E-state index is 0.250. The smallest absolute Gasteiger partial charge is 0.185 e. The van der Waals surface area contributed by atoms with Gasteiger partial charge < -0.3 is 14.4 Å². The highest BCUT2D eigenvalue weighted by atomic mass is 35.5. The first kappa shape index (κ1) is 27.1. The second-order valence-corrected chi connectivity index (χ2v) is 11.3. The third-order valence-electron chi connectivity index (χ3n) is 8.94. The Morgan fingerprint density at radius 2 is 1.58 bits per heavy atom. The van der Waals surface area contributed by atoms with Crippen LogP contribution >= 0.6 is 11.6 Å². The normalized spacial score (nSPS) is 21.0. The van der Waals surface area contributed by atoms with Crippen molar-refractivity contribution in [2.75, 3.05) is 19.1 Å². The number of ketones is 3. The van der Waals surface area contributed by atoms with Crippen molar-refractivity contribution in [2.45, 2.75) is 18.0 Å². The Bertz CT molecular complexity index is 1830. The molecule has 1 aliphatic carbocycles. The molecule has 2 heterocycles. The molecule has 0 bridgehead atoms. The van der Waals surface area contributed by atoms with E-state index in [-0.39, 0.29) is 22.9 Å². The average molecular weight is 594 g/mol. The zero-order valence-electron chi connectivity index (χ0n) is 23.2. The minimum Gasteiger partial charge on any atom is -0.497 e. The quantitative estimate of drug-likeness (QED) is 0.187. The lowest BCUT2D eigenvalue weighted by Gasteiger charge is -2.37. The third-order valence-corrected chi connectivity index (χ3v) is 9.17. The molecule has 0 aromatic heterocycles. The Kier molecular flexibility index (Phi) is 6.25. The SMILES string of the molecule is COc1ccc([C@H]2[C@@H](C(=O)c3ccc(F)cc3)N3c4ccc(Cl)cc4C=C[C@@H]3C23C(=O)c2ccccc2C3=O)c(OC)c1. The topological polar surface area (TPSA) is 72.9 Å². The van der Waals surface area contributed by atoms with E-state index in [0.717, 1.165) is 5.56 Å². The molecule has 4 aromatic carbocycles. The number of halogens is 2. The molecule has 3 aliphatic rings. The average Bonchev–Trinajstić information content (AvgIpc) is 3.46. The number of nitrogens with zero attached hydrogens (tertiary/aromatic N) is 1. The van der Waals surface area contributed by atoms with Crippen LogP contribution in [0.1, 0.15) is 48.1 Å². The van der Waals surface area contributed by atoms with Crippen LogP contribution in [0.3, 0.4) is 0 Å². The molecule has 6 nitrogen and oxygen atoms in total. The molecular weight excluding hydrogens is 569 g/mol. The Morgan fingerprint density at radius 3 is 2.23 bits per heavy atom. The Labute approximate surface area is 252 Å². The number of hydrogen-bond donors (Lipinski definition) is 0. The van der Waals surface area contributed by atoms with Crippen LogP contribution in [0.15, 0.2) is 91.0 Å². The van der Waals surface area contributed by atoms with Crippen LogP contribution in [-0.2, 0) is 0 Å². The number of ether oxygens (including phenoxy) is 2. The van der Waals surface area contributed by atoms with E-state index in [2.05, 4.69) is 0 Å². The van der Waals surface area contributed by atoms with Gasteiger partial charge in [-0.1, -0.05) is 54.1 Å². The van der Waals surface area contributed by atoms with Crippen molar-refractivity contribution >= 4 is 40.7 Å². The van der Waals surface area contributed by atoms with Gasteiger partial charge in [-0.05, 0) is 54.1 Å². The number of rotatable bonds is 5. The van der Waals surface area contributed by atoms with Crippen molar-refractivity contribution in [1.82, 2.24) is 0 Å². The lowest BCUT2D eigenvalue weighted by molar-refractivity contribution is 0.0665. The first-order valence-electron chi connectivity index (χ1n) is 13.8. The van der Waals surface area contributed by atoms with E-state index >= 15 is 0 Å². The predicted molar refractivity (Wildman–Crippen MR) is 161 cm³/mol. The Hall–Kier alpha value is -4.75. The number of fused-ring (bicyclic) bond motifs is 5. The van der Waals surface area contributed by atoms with E-state index in [1.165, 1.54) is 38.5 Å². The summed E-state index contributed by atoms with van der Waals surface area (Å²) in [7, 11) is 3.02. The van der Waals surface area contributed by atoms with Crippen molar-refractivity contribution in [3.05, 3.63) is 130 Å². The van der Waals surface area contributed by atoms with Gasteiger partial charge in [0.15, 0.2) is 17.3 Å². The summed E-state index contributed by atoms with van der Waals surface area (Å²) in [6.45, 7) is 0. The summed E-state index contributed by atoms with van der Waals surface area (Å²) in [4.78, 5) is 46.1. The van der Waals surface area contributed by atoms with Crippen LogP contribution in [0.5, 0.6) is 11.5 Å².